The van der Waals surface area contributed by atoms with E-state index in [1.807, 2.05) is 0 Å². The van der Waals surface area contributed by atoms with Crippen molar-refractivity contribution in [1.29, 1.82) is 0 Å². The normalized spacial score (nSPS) is 28.2. The molecule has 0 bridgehead atoms. The Morgan fingerprint density at radius 1 is 1.58 bits per heavy atom. The van der Waals surface area contributed by atoms with Gasteiger partial charge in [-0.1, -0.05) is 0 Å². The van der Waals surface area contributed by atoms with Crippen molar-refractivity contribution in [2.24, 2.45) is 5.73 Å². The summed E-state index contributed by atoms with van der Waals surface area (Å²) in [6.45, 7) is 0.417. The Labute approximate surface area is 71.2 Å². The molecule has 1 heterocycles. The molecular formula is C6H12N2O3S. The lowest BCUT2D eigenvalue weighted by Gasteiger charge is -2.22. The second-order valence-electron chi connectivity index (χ2n) is 2.94. The second kappa shape index (κ2) is 3.40. The molecule has 0 aromatic rings. The molecule has 6 heteroatoms. The van der Waals surface area contributed by atoms with Crippen LogP contribution < -0.4 is 11.1 Å². The fourth-order valence-electron chi connectivity index (χ4n) is 1.24. The third-order valence-corrected chi connectivity index (χ3v) is 3.49. The van der Waals surface area contributed by atoms with Crippen LogP contribution >= 0.6 is 0 Å². The highest BCUT2D eigenvalue weighted by Crippen LogP contribution is 2.03. The van der Waals surface area contributed by atoms with Crippen LogP contribution in [0.1, 0.15) is 6.42 Å². The number of nitrogens with two attached hydrogens (primary N) is 1. The maximum absolute atomic E-state index is 11.1. The molecular weight excluding hydrogens is 180 g/mol. The highest BCUT2D eigenvalue weighted by Gasteiger charge is 2.24. The fourth-order valence-corrected chi connectivity index (χ4v) is 2.69. The van der Waals surface area contributed by atoms with Crippen LogP contribution in [0.5, 0.6) is 0 Å². The molecule has 1 aliphatic heterocycles. The first-order valence-corrected chi connectivity index (χ1v) is 5.54. The van der Waals surface area contributed by atoms with Crippen LogP contribution in [0.4, 0.5) is 0 Å². The number of sulfone groups is 1. The van der Waals surface area contributed by atoms with Crippen molar-refractivity contribution in [3.05, 3.63) is 0 Å². The summed E-state index contributed by atoms with van der Waals surface area (Å²) < 4.78 is 22.1. The van der Waals surface area contributed by atoms with Gasteiger partial charge in [-0.15, -0.1) is 0 Å². The van der Waals surface area contributed by atoms with Gasteiger partial charge in [-0.05, 0) is 0 Å². The molecule has 1 saturated heterocycles. The van der Waals surface area contributed by atoms with Gasteiger partial charge in [-0.3, -0.25) is 4.79 Å². The van der Waals surface area contributed by atoms with E-state index in [0.29, 0.717) is 6.54 Å². The lowest BCUT2D eigenvalue weighted by Crippen LogP contribution is -2.46. The Morgan fingerprint density at radius 2 is 2.25 bits per heavy atom. The number of hydrogen-bond acceptors (Lipinski definition) is 4. The molecule has 0 aromatic carbocycles. The lowest BCUT2D eigenvalue weighted by atomic mass is 10.2. The van der Waals surface area contributed by atoms with Crippen LogP contribution in [0.15, 0.2) is 0 Å². The van der Waals surface area contributed by atoms with Gasteiger partial charge in [0.05, 0.1) is 11.5 Å². The van der Waals surface area contributed by atoms with Gasteiger partial charge in [0, 0.05) is 19.0 Å². The summed E-state index contributed by atoms with van der Waals surface area (Å²) in [4.78, 5) is 10.5. The Balaban J connectivity index is 2.53. The first-order valence-electron chi connectivity index (χ1n) is 3.72. The highest BCUT2D eigenvalue weighted by atomic mass is 32.2. The van der Waals surface area contributed by atoms with Crippen LogP contribution in [0.25, 0.3) is 0 Å². The van der Waals surface area contributed by atoms with E-state index in [2.05, 4.69) is 5.32 Å². The van der Waals surface area contributed by atoms with Gasteiger partial charge in [0.2, 0.25) is 5.91 Å². The molecule has 0 radical (unpaired) electrons. The summed E-state index contributed by atoms with van der Waals surface area (Å²) in [6.07, 6.45) is 0.0965. The quantitative estimate of drug-likeness (QED) is 0.543. The fraction of sp³-hybridized carbons (Fsp3) is 0.833. The molecule has 1 amide bonds. The van der Waals surface area contributed by atoms with Crippen LogP contribution in [-0.4, -0.2) is 38.4 Å². The van der Waals surface area contributed by atoms with E-state index in [0.717, 1.165) is 0 Å². The molecule has 1 aliphatic rings. The maximum atomic E-state index is 11.1. The van der Waals surface area contributed by atoms with Crippen molar-refractivity contribution in [2.75, 3.05) is 18.1 Å². The summed E-state index contributed by atoms with van der Waals surface area (Å²) in [5, 5.41) is 2.93. The van der Waals surface area contributed by atoms with Crippen LogP contribution in [0.3, 0.4) is 0 Å². The zero-order chi connectivity index (χ0) is 9.19. The van der Waals surface area contributed by atoms with E-state index in [1.54, 1.807) is 0 Å². The molecule has 12 heavy (non-hydrogen) atoms. The van der Waals surface area contributed by atoms with Crippen molar-refractivity contribution in [3.8, 4) is 0 Å². The van der Waals surface area contributed by atoms with Gasteiger partial charge in [0.1, 0.15) is 0 Å². The Bertz CT molecular complexity index is 273. The number of amides is 1. The molecule has 3 N–H and O–H groups in total. The number of nitrogens with one attached hydrogen (secondary N) is 1. The molecule has 0 aromatic heterocycles. The Morgan fingerprint density at radius 3 is 2.75 bits per heavy atom. The average Bonchev–Trinajstić information content (AvgIpc) is 1.82. The zero-order valence-electron chi connectivity index (χ0n) is 6.62. The maximum Gasteiger partial charge on any atom is 0.219 e. The lowest BCUT2D eigenvalue weighted by molar-refractivity contribution is -0.118. The first kappa shape index (κ1) is 9.47. The Kier molecular flexibility index (Phi) is 2.69. The van der Waals surface area contributed by atoms with E-state index >= 15 is 0 Å². The minimum Gasteiger partial charge on any atom is -0.370 e. The topological polar surface area (TPSA) is 89.3 Å². The van der Waals surface area contributed by atoms with Crippen molar-refractivity contribution in [1.82, 2.24) is 5.32 Å². The summed E-state index contributed by atoms with van der Waals surface area (Å²) in [7, 11) is -2.95. The third kappa shape index (κ3) is 2.78. The molecule has 5 nitrogen and oxygen atoms in total. The summed E-state index contributed by atoms with van der Waals surface area (Å²) in [5.74, 6) is -0.289. The van der Waals surface area contributed by atoms with E-state index in [1.165, 1.54) is 0 Å². The Hall–Kier alpha value is -0.620. The smallest absolute Gasteiger partial charge is 0.219 e. The molecule has 70 valence electrons. The van der Waals surface area contributed by atoms with Gasteiger partial charge in [0.25, 0.3) is 0 Å². The summed E-state index contributed by atoms with van der Waals surface area (Å²) in [6, 6.07) is -0.291. The minimum absolute atomic E-state index is 0.0237. The summed E-state index contributed by atoms with van der Waals surface area (Å²) >= 11 is 0. The van der Waals surface area contributed by atoms with E-state index < -0.39 is 15.7 Å². The number of carbonyl (C=O) groups is 1. The molecule has 0 saturated carbocycles. The number of rotatable bonds is 2. The van der Waals surface area contributed by atoms with E-state index in [9.17, 15) is 13.2 Å². The predicted octanol–water partition coefficient (Wildman–Crippen LogP) is -1.75. The predicted molar refractivity (Wildman–Crippen MR) is 44.3 cm³/mol. The van der Waals surface area contributed by atoms with E-state index in [4.69, 9.17) is 5.73 Å². The average molecular weight is 192 g/mol. The molecule has 1 unspecified atom stereocenters. The first-order chi connectivity index (χ1) is 5.49. The van der Waals surface area contributed by atoms with Crippen molar-refractivity contribution in [3.63, 3.8) is 0 Å². The minimum atomic E-state index is -2.95. The van der Waals surface area contributed by atoms with Crippen molar-refractivity contribution < 1.29 is 13.2 Å². The SMILES string of the molecule is NC(=O)CC1CS(=O)(=O)CCN1. The van der Waals surface area contributed by atoms with Gasteiger partial charge in [-0.25, -0.2) is 8.42 Å². The zero-order valence-corrected chi connectivity index (χ0v) is 7.43. The largest absolute Gasteiger partial charge is 0.370 e. The van der Waals surface area contributed by atoms with E-state index in [-0.39, 0.29) is 24.0 Å². The highest BCUT2D eigenvalue weighted by molar-refractivity contribution is 7.91. The molecule has 0 spiro atoms. The summed E-state index contributed by atoms with van der Waals surface area (Å²) in [5.41, 5.74) is 4.94. The van der Waals surface area contributed by atoms with Crippen LogP contribution in [0, 0.1) is 0 Å². The number of hydrogen-bond donors (Lipinski definition) is 2. The van der Waals surface area contributed by atoms with Gasteiger partial charge in [-0.2, -0.15) is 0 Å². The standard InChI is InChI=1S/C6H12N2O3S/c7-6(9)3-5-4-12(10,11)2-1-8-5/h5,8H,1-4H2,(H2,7,9). The van der Waals surface area contributed by atoms with Gasteiger partial charge < -0.3 is 11.1 Å². The molecule has 1 rings (SSSR count). The number of primary amides is 1. The molecule has 0 aliphatic carbocycles. The van der Waals surface area contributed by atoms with Gasteiger partial charge in [0.15, 0.2) is 9.84 Å². The monoisotopic (exact) mass is 192 g/mol. The van der Waals surface area contributed by atoms with Crippen LogP contribution in [-0.2, 0) is 14.6 Å². The second-order valence-corrected chi connectivity index (χ2v) is 5.16. The third-order valence-electron chi connectivity index (χ3n) is 1.75. The van der Waals surface area contributed by atoms with Crippen LogP contribution in [0.2, 0.25) is 0 Å². The number of carbonyl (C=O) groups excluding carboxylic acids is 1. The molecule has 1 fully saturated rings. The van der Waals surface area contributed by atoms with Crippen molar-refractivity contribution in [2.45, 2.75) is 12.5 Å². The van der Waals surface area contributed by atoms with Crippen molar-refractivity contribution >= 4 is 15.7 Å². The van der Waals surface area contributed by atoms with Gasteiger partial charge >= 0.3 is 0 Å². The molecule has 1 atom stereocenters.